The molecule has 0 aliphatic carbocycles. The van der Waals surface area contributed by atoms with Crippen LogP contribution in [-0.2, 0) is 0 Å². The van der Waals surface area contributed by atoms with Crippen molar-refractivity contribution in [2.75, 3.05) is 0 Å². The molecule has 0 heterocycles. The summed E-state index contributed by atoms with van der Waals surface area (Å²) in [5, 5.41) is 0. The normalized spacial score (nSPS) is 11.8. The minimum absolute atomic E-state index is 0.551. The molecular weight excluding hydrogens is 120 g/mol. The lowest BCUT2D eigenvalue weighted by atomic mass is 9.97. The first-order chi connectivity index (χ1) is 4.59. The first kappa shape index (κ1) is 9.22. The summed E-state index contributed by atoms with van der Waals surface area (Å²) in [5.74, 6) is 0.551. The molecule has 0 heteroatoms. The zero-order valence-corrected chi connectivity index (χ0v) is 7.15. The van der Waals surface area contributed by atoms with Crippen LogP contribution in [0.5, 0.6) is 0 Å². The highest BCUT2D eigenvalue weighted by molar-refractivity contribution is 5.30. The van der Waals surface area contributed by atoms with Gasteiger partial charge in [0.1, 0.15) is 0 Å². The molecule has 0 aromatic rings. The third-order valence-electron chi connectivity index (χ3n) is 1.41. The van der Waals surface area contributed by atoms with Gasteiger partial charge in [-0.05, 0) is 18.4 Å². The van der Waals surface area contributed by atoms with Gasteiger partial charge in [-0.25, -0.2) is 0 Å². The Kier molecular flexibility index (Phi) is 3.78. The van der Waals surface area contributed by atoms with E-state index in [1.54, 1.807) is 0 Å². The third kappa shape index (κ3) is 2.67. The van der Waals surface area contributed by atoms with Gasteiger partial charge in [0.05, 0.1) is 0 Å². The number of hydrogen-bond donors (Lipinski definition) is 0. The number of rotatable bonds is 3. The Morgan fingerprint density at radius 3 is 2.00 bits per heavy atom. The molecule has 0 aliphatic rings. The van der Waals surface area contributed by atoms with Crippen molar-refractivity contribution < 1.29 is 0 Å². The topological polar surface area (TPSA) is 0 Å². The van der Waals surface area contributed by atoms with Crippen LogP contribution in [-0.4, -0.2) is 0 Å². The Balaban J connectivity index is 4.41. The van der Waals surface area contributed by atoms with Crippen molar-refractivity contribution in [1.82, 2.24) is 0 Å². The van der Waals surface area contributed by atoms with Crippen molar-refractivity contribution in [1.29, 1.82) is 0 Å². The van der Waals surface area contributed by atoms with Crippen molar-refractivity contribution in [2.24, 2.45) is 5.92 Å². The average Bonchev–Trinajstić information content (AvgIpc) is 1.81. The van der Waals surface area contributed by atoms with Gasteiger partial charge in [-0.15, -0.1) is 0 Å². The molecule has 0 bridgehead atoms. The van der Waals surface area contributed by atoms with Crippen molar-refractivity contribution >= 4 is 0 Å². The third-order valence-corrected chi connectivity index (χ3v) is 1.41. The number of allylic oxidation sites excluding steroid dienone is 4. The monoisotopic (exact) mass is 136 g/mol. The molecule has 0 saturated carbocycles. The smallest absolute Gasteiger partial charge is 0.0216 e. The van der Waals surface area contributed by atoms with Crippen LogP contribution in [0.15, 0.2) is 36.5 Å². The Bertz CT molecular complexity index is 159. The van der Waals surface area contributed by atoms with E-state index in [-0.39, 0.29) is 0 Å². The lowest BCUT2D eigenvalue weighted by molar-refractivity contribution is 0.779. The van der Waals surface area contributed by atoms with Crippen molar-refractivity contribution in [3.63, 3.8) is 0 Å². The molecule has 0 radical (unpaired) electrons. The second-order valence-electron chi connectivity index (χ2n) is 2.79. The van der Waals surface area contributed by atoms with E-state index >= 15 is 0 Å². The molecule has 0 N–H and O–H groups in total. The van der Waals surface area contributed by atoms with E-state index in [1.165, 1.54) is 5.57 Å². The summed E-state index contributed by atoms with van der Waals surface area (Å²) in [6.45, 7) is 13.9. The predicted molar refractivity (Wildman–Crippen MR) is 47.9 cm³/mol. The fraction of sp³-hybridized carbons (Fsp3) is 0.400. The fourth-order valence-corrected chi connectivity index (χ4v) is 0.954. The van der Waals surface area contributed by atoms with Crippen LogP contribution in [0, 0.1) is 5.92 Å². The molecule has 0 fully saturated rings. The van der Waals surface area contributed by atoms with Gasteiger partial charge >= 0.3 is 0 Å². The molecule has 0 aliphatic heterocycles. The van der Waals surface area contributed by atoms with Gasteiger partial charge in [-0.2, -0.15) is 0 Å². The molecule has 0 nitrogen and oxygen atoms in total. The summed E-state index contributed by atoms with van der Waals surface area (Å²) in [6.07, 6.45) is 3.83. The molecule has 0 saturated heterocycles. The maximum Gasteiger partial charge on any atom is -0.0216 e. The Morgan fingerprint density at radius 2 is 1.90 bits per heavy atom. The highest BCUT2D eigenvalue weighted by Gasteiger charge is 2.00. The SMILES string of the molecule is C=C/C=C(/C(=C)C)C(C)C. The zero-order valence-electron chi connectivity index (χ0n) is 7.15. The van der Waals surface area contributed by atoms with Gasteiger partial charge in [0, 0.05) is 0 Å². The lowest BCUT2D eigenvalue weighted by Gasteiger charge is -2.09. The Labute approximate surface area is 64.0 Å². The van der Waals surface area contributed by atoms with Crippen molar-refractivity contribution in [3.05, 3.63) is 36.5 Å². The van der Waals surface area contributed by atoms with Gasteiger partial charge in [0.2, 0.25) is 0 Å². The fourth-order valence-electron chi connectivity index (χ4n) is 0.954. The van der Waals surface area contributed by atoms with E-state index in [2.05, 4.69) is 27.0 Å². The summed E-state index contributed by atoms with van der Waals surface area (Å²) in [4.78, 5) is 0. The van der Waals surface area contributed by atoms with E-state index in [1.807, 2.05) is 19.1 Å². The van der Waals surface area contributed by atoms with Crippen LogP contribution in [0.4, 0.5) is 0 Å². The minimum atomic E-state index is 0.551. The second-order valence-corrected chi connectivity index (χ2v) is 2.79. The summed E-state index contributed by atoms with van der Waals surface area (Å²) in [5.41, 5.74) is 2.42. The Hall–Kier alpha value is -0.780. The van der Waals surface area contributed by atoms with Crippen LogP contribution in [0.25, 0.3) is 0 Å². The van der Waals surface area contributed by atoms with Crippen LogP contribution < -0.4 is 0 Å². The van der Waals surface area contributed by atoms with E-state index < -0.39 is 0 Å². The maximum absolute atomic E-state index is 3.88. The molecule has 0 spiro atoms. The molecule has 0 rings (SSSR count). The Morgan fingerprint density at radius 1 is 1.40 bits per heavy atom. The average molecular weight is 136 g/mol. The molecule has 0 amide bonds. The molecule has 0 aromatic heterocycles. The highest BCUT2D eigenvalue weighted by Crippen LogP contribution is 2.16. The number of hydrogen-bond acceptors (Lipinski definition) is 0. The lowest BCUT2D eigenvalue weighted by Crippen LogP contribution is -1.93. The summed E-state index contributed by atoms with van der Waals surface area (Å²) < 4.78 is 0. The van der Waals surface area contributed by atoms with Gasteiger partial charge in [-0.3, -0.25) is 0 Å². The highest BCUT2D eigenvalue weighted by atomic mass is 14.1. The van der Waals surface area contributed by atoms with E-state index in [9.17, 15) is 0 Å². The van der Waals surface area contributed by atoms with Crippen LogP contribution in [0.3, 0.4) is 0 Å². The predicted octanol–water partition coefficient (Wildman–Crippen LogP) is 3.33. The standard InChI is InChI=1S/C10H16/c1-6-7-10(8(2)3)9(4)5/h6-7,9H,1-2H2,3-5H3/b10-7-. The van der Waals surface area contributed by atoms with Crippen LogP contribution >= 0.6 is 0 Å². The van der Waals surface area contributed by atoms with Crippen molar-refractivity contribution in [2.45, 2.75) is 20.8 Å². The van der Waals surface area contributed by atoms with Crippen LogP contribution in [0.1, 0.15) is 20.8 Å². The maximum atomic E-state index is 3.88. The largest absolute Gasteiger partial charge is 0.0991 e. The van der Waals surface area contributed by atoms with E-state index in [4.69, 9.17) is 0 Å². The molecule has 0 unspecified atom stereocenters. The van der Waals surface area contributed by atoms with Gasteiger partial charge < -0.3 is 0 Å². The minimum Gasteiger partial charge on any atom is -0.0991 e. The van der Waals surface area contributed by atoms with Crippen LogP contribution in [0.2, 0.25) is 0 Å². The second kappa shape index (κ2) is 4.10. The van der Waals surface area contributed by atoms with Crippen molar-refractivity contribution in [3.8, 4) is 0 Å². The first-order valence-corrected chi connectivity index (χ1v) is 3.58. The summed E-state index contributed by atoms with van der Waals surface area (Å²) in [7, 11) is 0. The first-order valence-electron chi connectivity index (χ1n) is 3.58. The molecule has 0 atom stereocenters. The van der Waals surface area contributed by atoms with E-state index in [0.29, 0.717) is 5.92 Å². The molecule has 0 aromatic carbocycles. The molecular formula is C10H16. The quantitative estimate of drug-likeness (QED) is 0.522. The molecule has 10 heavy (non-hydrogen) atoms. The van der Waals surface area contributed by atoms with Gasteiger partial charge in [0.15, 0.2) is 0 Å². The van der Waals surface area contributed by atoms with Gasteiger partial charge in [-0.1, -0.05) is 44.7 Å². The summed E-state index contributed by atoms with van der Waals surface area (Å²) in [6, 6.07) is 0. The zero-order chi connectivity index (χ0) is 8.15. The van der Waals surface area contributed by atoms with E-state index in [0.717, 1.165) is 5.57 Å². The summed E-state index contributed by atoms with van der Waals surface area (Å²) >= 11 is 0. The van der Waals surface area contributed by atoms with Gasteiger partial charge in [0.25, 0.3) is 0 Å². The molecule has 56 valence electrons.